The molecule has 0 unspecified atom stereocenters. The van der Waals surface area contributed by atoms with Gasteiger partial charge in [0, 0.05) is 11.8 Å². The molecule has 2 heterocycles. The van der Waals surface area contributed by atoms with Gasteiger partial charge in [0.2, 0.25) is 0 Å². The molecule has 0 bridgehead atoms. The molecule has 0 aliphatic heterocycles. The highest BCUT2D eigenvalue weighted by Crippen LogP contribution is 2.30. The molecule has 20 heavy (non-hydrogen) atoms. The van der Waals surface area contributed by atoms with Crippen LogP contribution in [0.1, 0.15) is 21.7 Å². The minimum absolute atomic E-state index is 0.193. The third-order valence-corrected chi connectivity index (χ3v) is 3.27. The monoisotopic (exact) mass is 267 g/mol. The molecule has 0 spiro atoms. The van der Waals surface area contributed by atoms with E-state index >= 15 is 0 Å². The Kier molecular flexibility index (Phi) is 2.75. The van der Waals surface area contributed by atoms with E-state index in [-0.39, 0.29) is 5.56 Å². The molecule has 0 aliphatic rings. The number of benzene rings is 1. The highest BCUT2D eigenvalue weighted by molar-refractivity contribution is 6.07. The Balaban J connectivity index is 2.42. The third kappa shape index (κ3) is 1.84. The number of carbonyl (C=O) groups is 1. The van der Waals surface area contributed by atoms with E-state index in [4.69, 9.17) is 0 Å². The molecule has 0 aliphatic carbocycles. The lowest BCUT2D eigenvalue weighted by Crippen LogP contribution is -1.99. The molecule has 3 rings (SSSR count). The summed E-state index contributed by atoms with van der Waals surface area (Å²) >= 11 is 0. The smallest absolute Gasteiger partial charge is 0.338 e. The van der Waals surface area contributed by atoms with Gasteiger partial charge < -0.3 is 10.1 Å². The summed E-state index contributed by atoms with van der Waals surface area (Å²) in [6.45, 7) is 3.77. The highest BCUT2D eigenvalue weighted by atomic mass is 16.4. The average molecular weight is 267 g/mol. The van der Waals surface area contributed by atoms with Crippen LogP contribution in [0.25, 0.3) is 22.3 Å². The standard InChI is InChI=1S/C15H13N3O2/c1-8-5-3-4-6-10(8)13-12-11(15(19)20)7-16-14(12)18-9(2)17-13/h3-7H,1-2H3,(H,19,20)(H,16,17,18). The number of aryl methyl sites for hydroxylation is 2. The SMILES string of the molecule is Cc1nc(-c2ccccc2C)c2c(C(=O)O)c[nH]c2n1. The van der Waals surface area contributed by atoms with E-state index in [0.717, 1.165) is 11.1 Å². The molecule has 0 fully saturated rings. The van der Waals surface area contributed by atoms with Crippen LogP contribution in [0.2, 0.25) is 0 Å². The molecule has 2 aromatic heterocycles. The summed E-state index contributed by atoms with van der Waals surface area (Å²) in [5.74, 6) is -0.381. The van der Waals surface area contributed by atoms with Crippen LogP contribution in [0, 0.1) is 13.8 Å². The van der Waals surface area contributed by atoms with Crippen molar-refractivity contribution < 1.29 is 9.90 Å². The van der Waals surface area contributed by atoms with E-state index in [9.17, 15) is 9.90 Å². The van der Waals surface area contributed by atoms with Gasteiger partial charge in [0.1, 0.15) is 11.5 Å². The first kappa shape index (κ1) is 12.3. The number of carboxylic acids is 1. The number of hydrogen-bond acceptors (Lipinski definition) is 3. The first-order valence-electron chi connectivity index (χ1n) is 6.23. The summed E-state index contributed by atoms with van der Waals surface area (Å²) in [6.07, 6.45) is 1.46. The molecule has 0 saturated carbocycles. The third-order valence-electron chi connectivity index (χ3n) is 3.27. The minimum Gasteiger partial charge on any atom is -0.478 e. The molecular weight excluding hydrogens is 254 g/mol. The first-order chi connectivity index (χ1) is 9.58. The van der Waals surface area contributed by atoms with Crippen molar-refractivity contribution in [2.24, 2.45) is 0 Å². The van der Waals surface area contributed by atoms with E-state index in [1.807, 2.05) is 31.2 Å². The summed E-state index contributed by atoms with van der Waals surface area (Å²) in [5, 5.41) is 9.86. The average Bonchev–Trinajstić information content (AvgIpc) is 2.82. The number of rotatable bonds is 2. The number of aromatic nitrogens is 3. The molecule has 5 heteroatoms. The van der Waals surface area contributed by atoms with E-state index < -0.39 is 5.97 Å². The van der Waals surface area contributed by atoms with Crippen molar-refractivity contribution in [3.63, 3.8) is 0 Å². The van der Waals surface area contributed by atoms with Gasteiger partial charge in [-0.3, -0.25) is 0 Å². The van der Waals surface area contributed by atoms with Crippen LogP contribution in [0.4, 0.5) is 0 Å². The van der Waals surface area contributed by atoms with Crippen molar-refractivity contribution in [1.29, 1.82) is 0 Å². The maximum atomic E-state index is 11.4. The van der Waals surface area contributed by atoms with Crippen LogP contribution in [0.5, 0.6) is 0 Å². The lowest BCUT2D eigenvalue weighted by molar-refractivity contribution is 0.0699. The number of nitrogens with zero attached hydrogens (tertiary/aromatic N) is 2. The zero-order valence-corrected chi connectivity index (χ0v) is 11.1. The highest BCUT2D eigenvalue weighted by Gasteiger charge is 2.18. The molecular formula is C15H13N3O2. The zero-order valence-electron chi connectivity index (χ0n) is 11.1. The largest absolute Gasteiger partial charge is 0.478 e. The molecule has 0 atom stereocenters. The topological polar surface area (TPSA) is 78.9 Å². The van der Waals surface area contributed by atoms with E-state index in [1.165, 1.54) is 6.20 Å². The second kappa shape index (κ2) is 4.45. The van der Waals surface area contributed by atoms with Gasteiger partial charge in [0.05, 0.1) is 16.6 Å². The van der Waals surface area contributed by atoms with Crippen molar-refractivity contribution in [2.45, 2.75) is 13.8 Å². The van der Waals surface area contributed by atoms with Crippen LogP contribution in [0.15, 0.2) is 30.5 Å². The Morgan fingerprint density at radius 2 is 1.95 bits per heavy atom. The molecule has 5 nitrogen and oxygen atoms in total. The number of H-pyrrole nitrogens is 1. The van der Waals surface area contributed by atoms with Crippen molar-refractivity contribution >= 4 is 17.0 Å². The molecule has 1 aromatic carbocycles. The Morgan fingerprint density at radius 3 is 2.65 bits per heavy atom. The Bertz CT molecular complexity index is 821. The van der Waals surface area contributed by atoms with Gasteiger partial charge >= 0.3 is 5.97 Å². The lowest BCUT2D eigenvalue weighted by Gasteiger charge is -2.08. The van der Waals surface area contributed by atoms with Crippen molar-refractivity contribution in [1.82, 2.24) is 15.0 Å². The van der Waals surface area contributed by atoms with Gasteiger partial charge in [-0.15, -0.1) is 0 Å². The molecule has 0 radical (unpaired) electrons. The quantitative estimate of drug-likeness (QED) is 0.748. The predicted octanol–water partition coefficient (Wildman–Crippen LogP) is 2.94. The lowest BCUT2D eigenvalue weighted by atomic mass is 10.0. The minimum atomic E-state index is -0.987. The van der Waals surface area contributed by atoms with E-state index in [0.29, 0.717) is 22.6 Å². The van der Waals surface area contributed by atoms with Crippen LogP contribution in [0.3, 0.4) is 0 Å². The zero-order chi connectivity index (χ0) is 14.3. The number of fused-ring (bicyclic) bond motifs is 1. The van der Waals surface area contributed by atoms with Crippen LogP contribution < -0.4 is 0 Å². The van der Waals surface area contributed by atoms with Gasteiger partial charge in [0.15, 0.2) is 0 Å². The number of hydrogen-bond donors (Lipinski definition) is 2. The van der Waals surface area contributed by atoms with Gasteiger partial charge in [-0.2, -0.15) is 0 Å². The van der Waals surface area contributed by atoms with Crippen LogP contribution in [-0.2, 0) is 0 Å². The van der Waals surface area contributed by atoms with Gasteiger partial charge in [-0.05, 0) is 19.4 Å². The Morgan fingerprint density at radius 1 is 1.20 bits per heavy atom. The van der Waals surface area contributed by atoms with Crippen LogP contribution in [-0.4, -0.2) is 26.0 Å². The molecule has 3 aromatic rings. The number of nitrogens with one attached hydrogen (secondary N) is 1. The number of aromatic amines is 1. The summed E-state index contributed by atoms with van der Waals surface area (Å²) in [5.41, 5.74) is 3.37. The first-order valence-corrected chi connectivity index (χ1v) is 6.23. The van der Waals surface area contributed by atoms with Crippen LogP contribution >= 0.6 is 0 Å². The second-order valence-corrected chi connectivity index (χ2v) is 4.67. The van der Waals surface area contributed by atoms with Crippen molar-refractivity contribution in [3.05, 3.63) is 47.4 Å². The summed E-state index contributed by atoms with van der Waals surface area (Å²) in [4.78, 5) is 23.0. The van der Waals surface area contributed by atoms with Crippen molar-refractivity contribution in [2.75, 3.05) is 0 Å². The second-order valence-electron chi connectivity index (χ2n) is 4.67. The molecule has 2 N–H and O–H groups in total. The maximum absolute atomic E-state index is 11.4. The fourth-order valence-electron chi connectivity index (χ4n) is 2.35. The fraction of sp³-hybridized carbons (Fsp3) is 0.133. The van der Waals surface area contributed by atoms with E-state index in [2.05, 4.69) is 15.0 Å². The summed E-state index contributed by atoms with van der Waals surface area (Å²) < 4.78 is 0. The van der Waals surface area contributed by atoms with Gasteiger partial charge in [-0.25, -0.2) is 14.8 Å². The Hall–Kier alpha value is -2.69. The summed E-state index contributed by atoms with van der Waals surface area (Å²) in [7, 11) is 0. The fourth-order valence-corrected chi connectivity index (χ4v) is 2.35. The summed E-state index contributed by atoms with van der Waals surface area (Å²) in [6, 6.07) is 7.78. The van der Waals surface area contributed by atoms with Crippen molar-refractivity contribution in [3.8, 4) is 11.3 Å². The van der Waals surface area contributed by atoms with E-state index in [1.54, 1.807) is 6.92 Å². The maximum Gasteiger partial charge on any atom is 0.338 e. The molecule has 100 valence electrons. The van der Waals surface area contributed by atoms with Gasteiger partial charge in [0.25, 0.3) is 0 Å². The van der Waals surface area contributed by atoms with Gasteiger partial charge in [-0.1, -0.05) is 24.3 Å². The predicted molar refractivity (Wildman–Crippen MR) is 75.8 cm³/mol. The molecule has 0 amide bonds. The normalized spacial score (nSPS) is 10.9. The number of aromatic carboxylic acids is 1. The molecule has 0 saturated heterocycles. The Labute approximate surface area is 115 Å². The number of carboxylic acid groups (broad SMARTS) is 1.